The van der Waals surface area contributed by atoms with Crippen molar-refractivity contribution in [1.29, 1.82) is 0 Å². The van der Waals surface area contributed by atoms with E-state index >= 15 is 0 Å². The summed E-state index contributed by atoms with van der Waals surface area (Å²) in [5.74, 6) is 0.635. The number of carbonyl (C=O) groups is 2. The number of allylic oxidation sites excluding steroid dienone is 1. The Balaban J connectivity index is 1.32. The first-order chi connectivity index (χ1) is 14.1. The molecule has 7 nitrogen and oxygen atoms in total. The molecule has 1 aromatic carbocycles. The smallest absolute Gasteiger partial charge is 0.321 e. The van der Waals surface area contributed by atoms with Crippen molar-refractivity contribution in [2.45, 2.75) is 32.1 Å². The Kier molecular flexibility index (Phi) is 7.93. The zero-order chi connectivity index (χ0) is 20.5. The van der Waals surface area contributed by atoms with Gasteiger partial charge in [-0.25, -0.2) is 4.79 Å². The molecule has 3 rings (SSSR count). The topological polar surface area (TPSA) is 75.1 Å². The molecule has 0 spiro atoms. The molecule has 1 aromatic rings. The third-order valence-corrected chi connectivity index (χ3v) is 5.69. The van der Waals surface area contributed by atoms with Crippen LogP contribution < -0.4 is 25.2 Å². The van der Waals surface area contributed by atoms with Gasteiger partial charge in [0.2, 0.25) is 0 Å². The number of rotatable bonds is 7. The number of methoxy groups -OCH3 is 1. The van der Waals surface area contributed by atoms with Crippen LogP contribution in [-0.4, -0.2) is 58.3 Å². The van der Waals surface area contributed by atoms with Gasteiger partial charge in [0.05, 0.1) is 33.3 Å². The average molecular weight is 402 g/mol. The molecule has 0 unspecified atom stereocenters. The molecular weight excluding hydrogens is 368 g/mol. The molecule has 1 heterocycles. The minimum Gasteiger partial charge on any atom is -0.497 e. The van der Waals surface area contributed by atoms with Crippen molar-refractivity contribution < 1.29 is 19.2 Å². The highest BCUT2D eigenvalue weighted by Crippen LogP contribution is 2.20. The molecule has 1 fully saturated rings. The highest BCUT2D eigenvalue weighted by molar-refractivity contribution is 5.94. The van der Waals surface area contributed by atoms with Gasteiger partial charge in [0.1, 0.15) is 5.75 Å². The monoisotopic (exact) mass is 401 g/mol. The molecular formula is C22H33N4O3+. The van der Waals surface area contributed by atoms with Crippen molar-refractivity contribution in [3.63, 3.8) is 0 Å². The summed E-state index contributed by atoms with van der Waals surface area (Å²) in [6, 6.07) is 7.66. The van der Waals surface area contributed by atoms with E-state index in [0.29, 0.717) is 13.1 Å². The maximum Gasteiger partial charge on any atom is 0.321 e. The number of carbonyl (C=O) groups excluding carboxylic acids is 2. The number of nitrogens with zero attached hydrogens (tertiary/aromatic N) is 1. The fourth-order valence-electron chi connectivity index (χ4n) is 3.96. The van der Waals surface area contributed by atoms with E-state index in [0.717, 1.165) is 51.2 Å². The molecule has 7 heteroatoms. The van der Waals surface area contributed by atoms with Crippen molar-refractivity contribution in [2.75, 3.05) is 51.3 Å². The summed E-state index contributed by atoms with van der Waals surface area (Å²) in [6.45, 7) is 4.42. The van der Waals surface area contributed by atoms with Gasteiger partial charge in [-0.3, -0.25) is 10.1 Å². The molecule has 0 bridgehead atoms. The number of hydrogen-bond acceptors (Lipinski definition) is 4. The van der Waals surface area contributed by atoms with Crippen LogP contribution in [0.15, 0.2) is 35.9 Å². The number of hydrogen-bond donors (Lipinski definition) is 3. The van der Waals surface area contributed by atoms with E-state index in [1.54, 1.807) is 7.11 Å². The van der Waals surface area contributed by atoms with Crippen LogP contribution in [0.25, 0.3) is 0 Å². The van der Waals surface area contributed by atoms with Gasteiger partial charge in [0.15, 0.2) is 6.54 Å². The molecule has 0 aromatic heterocycles. The summed E-state index contributed by atoms with van der Waals surface area (Å²) in [4.78, 5) is 27.6. The van der Waals surface area contributed by atoms with Gasteiger partial charge in [0.25, 0.3) is 5.91 Å². The Morgan fingerprint density at radius 2 is 1.90 bits per heavy atom. The summed E-state index contributed by atoms with van der Waals surface area (Å²) in [7, 11) is 1.66. The second kappa shape index (κ2) is 10.9. The van der Waals surface area contributed by atoms with E-state index in [9.17, 15) is 9.59 Å². The van der Waals surface area contributed by atoms with Gasteiger partial charge >= 0.3 is 6.03 Å². The van der Waals surface area contributed by atoms with Crippen LogP contribution in [0.1, 0.15) is 32.1 Å². The number of urea groups is 1. The van der Waals surface area contributed by atoms with Gasteiger partial charge in [-0.05, 0) is 56.4 Å². The van der Waals surface area contributed by atoms with Gasteiger partial charge in [-0.2, -0.15) is 0 Å². The normalized spacial score (nSPS) is 17.4. The molecule has 29 heavy (non-hydrogen) atoms. The molecule has 1 aliphatic carbocycles. The Labute approximate surface area is 173 Å². The van der Waals surface area contributed by atoms with E-state index in [4.69, 9.17) is 4.74 Å². The molecule has 1 aliphatic heterocycles. The van der Waals surface area contributed by atoms with Crippen LogP contribution in [0.3, 0.4) is 0 Å². The molecule has 1 saturated heterocycles. The minimum atomic E-state index is -0.386. The molecule has 2 aliphatic rings. The van der Waals surface area contributed by atoms with Crippen LogP contribution >= 0.6 is 0 Å². The van der Waals surface area contributed by atoms with E-state index in [-0.39, 0.29) is 11.9 Å². The van der Waals surface area contributed by atoms with Crippen LogP contribution in [0, 0.1) is 0 Å². The Hall–Kier alpha value is -2.54. The first-order valence-electron chi connectivity index (χ1n) is 10.6. The van der Waals surface area contributed by atoms with E-state index in [1.165, 1.54) is 29.0 Å². The Morgan fingerprint density at radius 1 is 1.14 bits per heavy atom. The van der Waals surface area contributed by atoms with E-state index in [1.807, 2.05) is 12.1 Å². The van der Waals surface area contributed by atoms with Gasteiger partial charge in [-0.15, -0.1) is 0 Å². The van der Waals surface area contributed by atoms with Crippen LogP contribution in [0.2, 0.25) is 0 Å². The van der Waals surface area contributed by atoms with E-state index < -0.39 is 0 Å². The van der Waals surface area contributed by atoms with Crippen molar-refractivity contribution in [3.05, 3.63) is 35.9 Å². The number of benzene rings is 1. The van der Waals surface area contributed by atoms with Crippen LogP contribution in [0.5, 0.6) is 5.75 Å². The molecule has 158 valence electrons. The van der Waals surface area contributed by atoms with Crippen molar-refractivity contribution in [3.8, 4) is 5.75 Å². The summed E-state index contributed by atoms with van der Waals surface area (Å²) in [6.07, 6.45) is 7.94. The lowest BCUT2D eigenvalue weighted by Gasteiger charge is -2.33. The number of anilines is 1. The standard InChI is InChI=1S/C22H32N4O3/c1-29-20-9-7-19(8-10-20)26-15-13-25(14-16-26)17-21(27)24-22(28)23-12-11-18-5-3-2-4-6-18/h5,7-10H,2-4,6,11-17H2,1H3,(H2,23,24,27,28)/p+1. The lowest BCUT2D eigenvalue weighted by molar-refractivity contribution is -0.892. The average Bonchev–Trinajstić information content (AvgIpc) is 2.75. The predicted molar refractivity (Wildman–Crippen MR) is 113 cm³/mol. The number of ether oxygens (including phenoxy) is 1. The Morgan fingerprint density at radius 3 is 2.55 bits per heavy atom. The molecule has 0 atom stereocenters. The Bertz CT molecular complexity index is 709. The minimum absolute atomic E-state index is 0.215. The fraction of sp³-hybridized carbons (Fsp3) is 0.545. The second-order valence-corrected chi connectivity index (χ2v) is 7.77. The van der Waals surface area contributed by atoms with E-state index in [2.05, 4.69) is 33.7 Å². The van der Waals surface area contributed by atoms with Gasteiger partial charge in [-0.1, -0.05) is 11.6 Å². The first kappa shape index (κ1) is 21.2. The largest absolute Gasteiger partial charge is 0.497 e. The lowest BCUT2D eigenvalue weighted by atomic mass is 9.97. The SMILES string of the molecule is COc1ccc(N2CC[NH+](CC(=O)NC(=O)NCCC3=CCCCC3)CC2)cc1. The maximum absolute atomic E-state index is 12.2. The summed E-state index contributed by atoms with van der Waals surface area (Å²) >= 11 is 0. The number of piperazine rings is 1. The van der Waals surface area contributed by atoms with Crippen LogP contribution in [-0.2, 0) is 4.79 Å². The van der Waals surface area contributed by atoms with Gasteiger partial charge < -0.3 is 19.9 Å². The van der Waals surface area contributed by atoms with Crippen molar-refractivity contribution in [1.82, 2.24) is 10.6 Å². The fourth-order valence-corrected chi connectivity index (χ4v) is 3.96. The zero-order valence-corrected chi connectivity index (χ0v) is 17.3. The predicted octanol–water partition coefficient (Wildman–Crippen LogP) is 1.12. The summed E-state index contributed by atoms with van der Waals surface area (Å²) in [5, 5.41) is 5.26. The molecule has 0 radical (unpaired) electrons. The number of amides is 3. The zero-order valence-electron chi connectivity index (χ0n) is 17.3. The molecule has 3 N–H and O–H groups in total. The van der Waals surface area contributed by atoms with Gasteiger partial charge in [0, 0.05) is 12.2 Å². The second-order valence-electron chi connectivity index (χ2n) is 7.77. The highest BCUT2D eigenvalue weighted by Gasteiger charge is 2.23. The first-order valence-corrected chi connectivity index (χ1v) is 10.6. The van der Waals surface area contributed by atoms with Crippen molar-refractivity contribution in [2.24, 2.45) is 0 Å². The van der Waals surface area contributed by atoms with Crippen LogP contribution in [0.4, 0.5) is 10.5 Å². The summed E-state index contributed by atoms with van der Waals surface area (Å²) < 4.78 is 5.20. The number of quaternary nitrogens is 1. The lowest BCUT2D eigenvalue weighted by Crippen LogP contribution is -3.16. The molecule has 0 saturated carbocycles. The quantitative estimate of drug-likeness (QED) is 0.599. The number of imide groups is 1. The third-order valence-electron chi connectivity index (χ3n) is 5.69. The van der Waals surface area contributed by atoms with Crippen molar-refractivity contribution >= 4 is 17.6 Å². The maximum atomic E-state index is 12.2. The molecule has 3 amide bonds. The summed E-state index contributed by atoms with van der Waals surface area (Å²) in [5.41, 5.74) is 2.59. The third kappa shape index (κ3) is 6.78. The number of nitrogens with one attached hydrogen (secondary N) is 3. The highest BCUT2D eigenvalue weighted by atomic mass is 16.5.